The minimum absolute atomic E-state index is 0.0125. The second-order valence-electron chi connectivity index (χ2n) is 5.33. The van der Waals surface area contributed by atoms with E-state index in [0.717, 1.165) is 6.42 Å². The van der Waals surface area contributed by atoms with Gasteiger partial charge >= 0.3 is 5.97 Å². The van der Waals surface area contributed by atoms with Gasteiger partial charge < -0.3 is 10.4 Å². The maximum atomic E-state index is 12.8. The minimum Gasteiger partial charge on any atom is -0.481 e. The Morgan fingerprint density at radius 1 is 1.10 bits per heavy atom. The molecule has 0 heterocycles. The molecule has 1 aromatic carbocycles. The molecule has 0 aromatic heterocycles. The smallest absolute Gasteiger partial charge is 0.307 e. The number of carbonyl (C=O) groups is 2. The van der Waals surface area contributed by atoms with Crippen LogP contribution in [-0.4, -0.2) is 17.0 Å². The first kappa shape index (κ1) is 12.8. The summed E-state index contributed by atoms with van der Waals surface area (Å²) in [6.45, 7) is 0. The van der Waals surface area contributed by atoms with Gasteiger partial charge in [-0.1, -0.05) is 12.2 Å². The van der Waals surface area contributed by atoms with E-state index in [9.17, 15) is 19.1 Å². The monoisotopic (exact) mass is 275 g/mol. The molecule has 1 aromatic rings. The van der Waals surface area contributed by atoms with Crippen LogP contribution in [0.2, 0.25) is 0 Å². The highest BCUT2D eigenvalue weighted by Gasteiger charge is 2.51. The molecule has 2 N–H and O–H groups in total. The molecule has 0 radical (unpaired) electrons. The van der Waals surface area contributed by atoms with Crippen molar-refractivity contribution >= 4 is 17.6 Å². The Balaban J connectivity index is 1.78. The van der Waals surface area contributed by atoms with E-state index in [1.54, 1.807) is 0 Å². The average Bonchev–Trinajstić information content (AvgIpc) is 3.01. The summed E-state index contributed by atoms with van der Waals surface area (Å²) >= 11 is 0. The lowest BCUT2D eigenvalue weighted by Crippen LogP contribution is -2.36. The number of amides is 1. The van der Waals surface area contributed by atoms with E-state index < -0.39 is 17.8 Å². The van der Waals surface area contributed by atoms with Gasteiger partial charge in [0.25, 0.3) is 0 Å². The van der Waals surface area contributed by atoms with E-state index in [-0.39, 0.29) is 23.6 Å². The fraction of sp³-hybridized carbons (Fsp3) is 0.333. The third kappa shape index (κ3) is 2.09. The SMILES string of the molecule is O=C(Nc1ccc(F)cc1)[C@@H]1[C@H](C(=O)O)[C@@H]2C=C[C@H]1C2. The summed E-state index contributed by atoms with van der Waals surface area (Å²) in [7, 11) is 0. The van der Waals surface area contributed by atoms with Gasteiger partial charge in [-0.3, -0.25) is 9.59 Å². The Kier molecular flexibility index (Phi) is 3.04. The Labute approximate surface area is 115 Å². The van der Waals surface area contributed by atoms with Crippen LogP contribution in [0, 0.1) is 29.5 Å². The number of halogens is 1. The topological polar surface area (TPSA) is 66.4 Å². The number of fused-ring (bicyclic) bond motifs is 2. The lowest BCUT2D eigenvalue weighted by Gasteiger charge is -2.23. The second kappa shape index (κ2) is 4.74. The zero-order chi connectivity index (χ0) is 14.3. The number of hydrogen-bond acceptors (Lipinski definition) is 2. The number of carboxylic acids is 1. The van der Waals surface area contributed by atoms with E-state index in [1.807, 2.05) is 12.2 Å². The number of carboxylic acid groups (broad SMARTS) is 1. The van der Waals surface area contributed by atoms with E-state index >= 15 is 0 Å². The molecular formula is C15H14FNO3. The standard InChI is InChI=1S/C15H14FNO3/c16-10-3-5-11(6-4-10)17-14(18)12-8-1-2-9(7-8)13(12)15(19)20/h1-6,8-9,12-13H,7H2,(H,17,18)(H,19,20)/t8-,9+,12-,13+/m0/s1. The molecule has 1 fully saturated rings. The molecule has 1 amide bonds. The summed E-state index contributed by atoms with van der Waals surface area (Å²) in [6.07, 6.45) is 4.54. The molecule has 20 heavy (non-hydrogen) atoms. The normalized spacial score (nSPS) is 30.4. The predicted molar refractivity (Wildman–Crippen MR) is 70.4 cm³/mol. The van der Waals surface area contributed by atoms with Crippen molar-refractivity contribution in [3.05, 3.63) is 42.2 Å². The summed E-state index contributed by atoms with van der Waals surface area (Å²) in [5, 5.41) is 12.0. The number of anilines is 1. The molecule has 104 valence electrons. The minimum atomic E-state index is -0.930. The van der Waals surface area contributed by atoms with Crippen molar-refractivity contribution in [2.24, 2.45) is 23.7 Å². The van der Waals surface area contributed by atoms with Crippen molar-refractivity contribution in [2.45, 2.75) is 6.42 Å². The zero-order valence-electron chi connectivity index (χ0n) is 10.6. The molecule has 4 atom stereocenters. The number of carbonyl (C=O) groups excluding carboxylic acids is 1. The second-order valence-corrected chi connectivity index (χ2v) is 5.33. The number of benzene rings is 1. The van der Waals surface area contributed by atoms with Gasteiger partial charge in [-0.2, -0.15) is 0 Å². The quantitative estimate of drug-likeness (QED) is 0.832. The molecule has 2 aliphatic rings. The lowest BCUT2D eigenvalue weighted by molar-refractivity contribution is -0.146. The van der Waals surface area contributed by atoms with Gasteiger partial charge in [0.15, 0.2) is 0 Å². The molecule has 3 rings (SSSR count). The van der Waals surface area contributed by atoms with Crippen LogP contribution < -0.4 is 5.32 Å². The molecule has 0 unspecified atom stereocenters. The van der Waals surface area contributed by atoms with Crippen molar-refractivity contribution in [3.8, 4) is 0 Å². The molecule has 4 nitrogen and oxygen atoms in total. The van der Waals surface area contributed by atoms with Crippen LogP contribution in [0.15, 0.2) is 36.4 Å². The number of hydrogen-bond donors (Lipinski definition) is 2. The fourth-order valence-electron chi connectivity index (χ4n) is 3.28. The van der Waals surface area contributed by atoms with Crippen LogP contribution in [0.1, 0.15) is 6.42 Å². The van der Waals surface area contributed by atoms with Crippen molar-refractivity contribution in [3.63, 3.8) is 0 Å². The summed E-state index contributed by atoms with van der Waals surface area (Å²) in [4.78, 5) is 23.6. The van der Waals surface area contributed by atoms with Gasteiger partial charge in [0, 0.05) is 5.69 Å². The van der Waals surface area contributed by atoms with Gasteiger partial charge in [0.1, 0.15) is 5.82 Å². The Morgan fingerprint density at radius 3 is 2.30 bits per heavy atom. The molecular weight excluding hydrogens is 261 g/mol. The van der Waals surface area contributed by atoms with Gasteiger partial charge in [0.05, 0.1) is 11.8 Å². The van der Waals surface area contributed by atoms with Crippen molar-refractivity contribution in [2.75, 3.05) is 5.32 Å². The Bertz CT molecular complexity index is 581. The van der Waals surface area contributed by atoms with Crippen LogP contribution in [0.25, 0.3) is 0 Å². The van der Waals surface area contributed by atoms with Gasteiger partial charge in [-0.05, 0) is 42.5 Å². The van der Waals surface area contributed by atoms with Crippen molar-refractivity contribution in [1.82, 2.24) is 0 Å². The van der Waals surface area contributed by atoms with Gasteiger partial charge in [0.2, 0.25) is 5.91 Å². The summed E-state index contributed by atoms with van der Waals surface area (Å²) in [5.41, 5.74) is 0.479. The number of rotatable bonds is 3. The third-order valence-electron chi connectivity index (χ3n) is 4.16. The summed E-state index contributed by atoms with van der Waals surface area (Å²) in [5.74, 6) is -2.89. The fourth-order valence-corrected chi connectivity index (χ4v) is 3.28. The van der Waals surface area contributed by atoms with Crippen molar-refractivity contribution < 1.29 is 19.1 Å². The van der Waals surface area contributed by atoms with Crippen molar-refractivity contribution in [1.29, 1.82) is 0 Å². The van der Waals surface area contributed by atoms with E-state index in [1.165, 1.54) is 24.3 Å². The first-order chi connectivity index (χ1) is 9.56. The van der Waals surface area contributed by atoms with Gasteiger partial charge in [-0.15, -0.1) is 0 Å². The predicted octanol–water partition coefficient (Wildman–Crippen LogP) is 2.29. The molecule has 2 aliphatic carbocycles. The first-order valence-corrected chi connectivity index (χ1v) is 6.54. The summed E-state index contributed by atoms with van der Waals surface area (Å²) in [6, 6.07) is 5.44. The molecule has 0 saturated heterocycles. The van der Waals surface area contributed by atoms with E-state index in [4.69, 9.17) is 0 Å². The zero-order valence-corrected chi connectivity index (χ0v) is 10.6. The first-order valence-electron chi connectivity index (χ1n) is 6.54. The highest BCUT2D eigenvalue weighted by molar-refractivity contribution is 5.96. The molecule has 2 bridgehead atoms. The largest absolute Gasteiger partial charge is 0.481 e. The molecule has 1 saturated carbocycles. The van der Waals surface area contributed by atoms with E-state index in [2.05, 4.69) is 5.32 Å². The van der Waals surface area contributed by atoms with Crippen LogP contribution >= 0.6 is 0 Å². The van der Waals surface area contributed by atoms with E-state index in [0.29, 0.717) is 5.69 Å². The molecule has 0 aliphatic heterocycles. The number of nitrogens with one attached hydrogen (secondary N) is 1. The summed E-state index contributed by atoms with van der Waals surface area (Å²) < 4.78 is 12.8. The maximum Gasteiger partial charge on any atom is 0.307 e. The Hall–Kier alpha value is -2.17. The number of aliphatic carboxylic acids is 1. The molecule has 5 heteroatoms. The van der Waals surface area contributed by atoms with Crippen LogP contribution in [0.4, 0.5) is 10.1 Å². The maximum absolute atomic E-state index is 12.8. The van der Waals surface area contributed by atoms with Gasteiger partial charge in [-0.25, -0.2) is 4.39 Å². The lowest BCUT2D eigenvalue weighted by atomic mass is 9.82. The van der Waals surface area contributed by atoms with Crippen LogP contribution in [0.3, 0.4) is 0 Å². The highest BCUT2D eigenvalue weighted by Crippen LogP contribution is 2.48. The Morgan fingerprint density at radius 2 is 1.70 bits per heavy atom. The average molecular weight is 275 g/mol. The number of allylic oxidation sites excluding steroid dienone is 2. The molecule has 0 spiro atoms. The van der Waals surface area contributed by atoms with Crippen LogP contribution in [-0.2, 0) is 9.59 Å². The van der Waals surface area contributed by atoms with Crippen LogP contribution in [0.5, 0.6) is 0 Å². The highest BCUT2D eigenvalue weighted by atomic mass is 19.1. The third-order valence-corrected chi connectivity index (χ3v) is 4.16.